The lowest BCUT2D eigenvalue weighted by atomic mass is 10.2. The van der Waals surface area contributed by atoms with Crippen LogP contribution in [0.2, 0.25) is 5.02 Å². The molecule has 0 bridgehead atoms. The standard InChI is InChI=1S/C14H13ClN2/c1-11-3-2-4-12(9-11)10-16-17-14-7-5-13(15)6-8-14/h2-10,17H,1H3/b16-10+. The first-order chi connectivity index (χ1) is 8.24. The van der Waals surface area contributed by atoms with Crippen LogP contribution in [0.4, 0.5) is 5.69 Å². The molecule has 0 atom stereocenters. The molecule has 2 rings (SSSR count). The van der Waals surface area contributed by atoms with E-state index in [1.54, 1.807) is 6.21 Å². The number of nitrogens with one attached hydrogen (secondary N) is 1. The molecule has 17 heavy (non-hydrogen) atoms. The van der Waals surface area contributed by atoms with Crippen molar-refractivity contribution in [2.45, 2.75) is 6.92 Å². The van der Waals surface area contributed by atoms with Crippen molar-refractivity contribution in [2.24, 2.45) is 5.10 Å². The van der Waals surface area contributed by atoms with Crippen molar-refractivity contribution in [3.05, 3.63) is 64.7 Å². The molecule has 2 aromatic carbocycles. The van der Waals surface area contributed by atoms with Crippen molar-refractivity contribution in [2.75, 3.05) is 5.43 Å². The fourth-order valence-corrected chi connectivity index (χ4v) is 1.58. The minimum absolute atomic E-state index is 0.721. The summed E-state index contributed by atoms with van der Waals surface area (Å²) in [5, 5.41) is 4.89. The van der Waals surface area contributed by atoms with Gasteiger partial charge in [0.15, 0.2) is 0 Å². The molecule has 0 amide bonds. The van der Waals surface area contributed by atoms with Gasteiger partial charge < -0.3 is 0 Å². The van der Waals surface area contributed by atoms with Crippen molar-refractivity contribution in [3.8, 4) is 0 Å². The average Bonchev–Trinajstić information content (AvgIpc) is 2.32. The topological polar surface area (TPSA) is 24.4 Å². The fourth-order valence-electron chi connectivity index (χ4n) is 1.46. The van der Waals surface area contributed by atoms with E-state index in [0.29, 0.717) is 0 Å². The summed E-state index contributed by atoms with van der Waals surface area (Å²) in [5.74, 6) is 0. The number of hydrogen-bond donors (Lipinski definition) is 1. The molecule has 3 heteroatoms. The van der Waals surface area contributed by atoms with Gasteiger partial charge in [0.1, 0.15) is 0 Å². The third kappa shape index (κ3) is 3.61. The SMILES string of the molecule is Cc1cccc(/C=N/Nc2ccc(Cl)cc2)c1. The maximum absolute atomic E-state index is 5.79. The van der Waals surface area contributed by atoms with E-state index < -0.39 is 0 Å². The van der Waals surface area contributed by atoms with E-state index in [-0.39, 0.29) is 0 Å². The molecule has 0 aliphatic rings. The van der Waals surface area contributed by atoms with E-state index in [4.69, 9.17) is 11.6 Å². The Morgan fingerprint density at radius 1 is 1.12 bits per heavy atom. The van der Waals surface area contributed by atoms with Crippen molar-refractivity contribution in [1.82, 2.24) is 0 Å². The Balaban J connectivity index is 2.00. The van der Waals surface area contributed by atoms with Crippen LogP contribution < -0.4 is 5.43 Å². The molecule has 0 aliphatic carbocycles. The molecule has 1 N–H and O–H groups in total. The van der Waals surface area contributed by atoms with E-state index in [1.807, 2.05) is 36.4 Å². The largest absolute Gasteiger partial charge is 0.279 e. The van der Waals surface area contributed by atoms with Gasteiger partial charge in [-0.2, -0.15) is 5.10 Å². The Labute approximate surface area is 106 Å². The van der Waals surface area contributed by atoms with E-state index in [1.165, 1.54) is 5.56 Å². The Hall–Kier alpha value is -1.80. The molecule has 0 saturated carbocycles. The normalized spacial score (nSPS) is 10.7. The Morgan fingerprint density at radius 3 is 2.59 bits per heavy atom. The zero-order valence-corrected chi connectivity index (χ0v) is 10.3. The lowest BCUT2D eigenvalue weighted by Gasteiger charge is -2.00. The number of hydrogen-bond acceptors (Lipinski definition) is 2. The van der Waals surface area contributed by atoms with Crippen LogP contribution in [0.1, 0.15) is 11.1 Å². The molecule has 0 fully saturated rings. The zero-order valence-electron chi connectivity index (χ0n) is 9.52. The van der Waals surface area contributed by atoms with Crippen molar-refractivity contribution < 1.29 is 0 Å². The van der Waals surface area contributed by atoms with Crippen molar-refractivity contribution >= 4 is 23.5 Å². The number of aryl methyl sites for hydroxylation is 1. The Morgan fingerprint density at radius 2 is 1.88 bits per heavy atom. The van der Waals surface area contributed by atoms with E-state index in [2.05, 4.69) is 29.6 Å². The molecule has 0 unspecified atom stereocenters. The minimum Gasteiger partial charge on any atom is -0.279 e. The predicted octanol–water partition coefficient (Wildman–Crippen LogP) is 4.09. The highest BCUT2D eigenvalue weighted by Crippen LogP contribution is 2.13. The summed E-state index contributed by atoms with van der Waals surface area (Å²) < 4.78 is 0. The second-order valence-corrected chi connectivity index (χ2v) is 4.23. The first-order valence-electron chi connectivity index (χ1n) is 5.35. The van der Waals surface area contributed by atoms with Crippen LogP contribution >= 0.6 is 11.6 Å². The van der Waals surface area contributed by atoms with E-state index in [0.717, 1.165) is 16.3 Å². The van der Waals surface area contributed by atoms with Crippen LogP contribution in [0.15, 0.2) is 53.6 Å². The highest BCUT2D eigenvalue weighted by atomic mass is 35.5. The van der Waals surface area contributed by atoms with Crippen LogP contribution in [-0.2, 0) is 0 Å². The van der Waals surface area contributed by atoms with Gasteiger partial charge in [-0.15, -0.1) is 0 Å². The van der Waals surface area contributed by atoms with Gasteiger partial charge in [-0.1, -0.05) is 41.4 Å². The molecule has 0 radical (unpaired) electrons. The van der Waals surface area contributed by atoms with Crippen molar-refractivity contribution in [3.63, 3.8) is 0 Å². The van der Waals surface area contributed by atoms with Crippen LogP contribution in [0.25, 0.3) is 0 Å². The second kappa shape index (κ2) is 5.51. The van der Waals surface area contributed by atoms with Crippen LogP contribution in [0.5, 0.6) is 0 Å². The maximum atomic E-state index is 5.79. The van der Waals surface area contributed by atoms with Gasteiger partial charge in [-0.05, 0) is 36.8 Å². The molecular formula is C14H13ClN2. The fraction of sp³-hybridized carbons (Fsp3) is 0.0714. The predicted molar refractivity (Wildman–Crippen MR) is 73.8 cm³/mol. The summed E-state index contributed by atoms with van der Waals surface area (Å²) >= 11 is 5.79. The highest BCUT2D eigenvalue weighted by molar-refractivity contribution is 6.30. The Kier molecular flexibility index (Phi) is 3.78. The van der Waals surface area contributed by atoms with Crippen LogP contribution in [-0.4, -0.2) is 6.21 Å². The number of hydrazone groups is 1. The summed E-state index contributed by atoms with van der Waals surface area (Å²) in [5.41, 5.74) is 6.16. The van der Waals surface area contributed by atoms with Gasteiger partial charge in [-0.25, -0.2) is 0 Å². The van der Waals surface area contributed by atoms with Crippen molar-refractivity contribution in [1.29, 1.82) is 0 Å². The summed E-state index contributed by atoms with van der Waals surface area (Å²) in [6.45, 7) is 2.06. The molecule has 0 heterocycles. The number of benzene rings is 2. The third-order valence-corrected chi connectivity index (χ3v) is 2.55. The van der Waals surface area contributed by atoms with Gasteiger partial charge in [0.2, 0.25) is 0 Å². The van der Waals surface area contributed by atoms with Gasteiger partial charge in [0.05, 0.1) is 11.9 Å². The smallest absolute Gasteiger partial charge is 0.0562 e. The molecule has 0 aliphatic heterocycles. The maximum Gasteiger partial charge on any atom is 0.0562 e. The molecule has 0 saturated heterocycles. The number of rotatable bonds is 3. The first-order valence-corrected chi connectivity index (χ1v) is 5.73. The monoisotopic (exact) mass is 244 g/mol. The lowest BCUT2D eigenvalue weighted by Crippen LogP contribution is -1.90. The van der Waals surface area contributed by atoms with Gasteiger partial charge in [0, 0.05) is 5.02 Å². The highest BCUT2D eigenvalue weighted by Gasteiger charge is 1.90. The summed E-state index contributed by atoms with van der Waals surface area (Å²) in [7, 11) is 0. The molecule has 0 spiro atoms. The number of halogens is 1. The number of anilines is 1. The summed E-state index contributed by atoms with van der Waals surface area (Å²) in [4.78, 5) is 0. The van der Waals surface area contributed by atoms with Gasteiger partial charge >= 0.3 is 0 Å². The lowest BCUT2D eigenvalue weighted by molar-refractivity contribution is 1.35. The van der Waals surface area contributed by atoms with Gasteiger partial charge in [-0.3, -0.25) is 5.43 Å². The van der Waals surface area contributed by atoms with E-state index >= 15 is 0 Å². The third-order valence-electron chi connectivity index (χ3n) is 2.29. The molecule has 86 valence electrons. The number of nitrogens with zero attached hydrogens (tertiary/aromatic N) is 1. The first kappa shape index (κ1) is 11.7. The second-order valence-electron chi connectivity index (χ2n) is 3.79. The van der Waals surface area contributed by atoms with Crippen LogP contribution in [0.3, 0.4) is 0 Å². The van der Waals surface area contributed by atoms with Gasteiger partial charge in [0.25, 0.3) is 0 Å². The molecule has 0 aromatic heterocycles. The molecule has 2 nitrogen and oxygen atoms in total. The van der Waals surface area contributed by atoms with Crippen LogP contribution in [0, 0.1) is 6.92 Å². The molecular weight excluding hydrogens is 232 g/mol. The zero-order chi connectivity index (χ0) is 12.1. The molecule has 2 aromatic rings. The average molecular weight is 245 g/mol. The summed E-state index contributed by atoms with van der Waals surface area (Å²) in [6, 6.07) is 15.6. The minimum atomic E-state index is 0.721. The Bertz CT molecular complexity index is 518. The van der Waals surface area contributed by atoms with E-state index in [9.17, 15) is 0 Å². The quantitative estimate of drug-likeness (QED) is 0.638. The summed E-state index contributed by atoms with van der Waals surface area (Å²) in [6.07, 6.45) is 1.79.